The Morgan fingerprint density at radius 3 is 2.94 bits per heavy atom. The number of hydrogen-bond donors (Lipinski definition) is 1. The number of alkyl halides is 1. The number of aliphatic imine (C=N–C) groups is 1. The third kappa shape index (κ3) is 2.62. The molecule has 1 aliphatic heterocycles. The number of hydrazone groups is 1. The SMILES string of the molecule is Br[C@H]1CC[C@@H]2N=C(N/N=C\c3ccccc3)S[C@H]21. The molecular formula is C13H14BrN3S. The van der Waals surface area contributed by atoms with Gasteiger partial charge in [-0.05, 0) is 18.4 Å². The number of fused-ring (bicyclic) bond motifs is 1. The summed E-state index contributed by atoms with van der Waals surface area (Å²) < 4.78 is 0. The highest BCUT2D eigenvalue weighted by Crippen LogP contribution is 2.41. The molecule has 3 nitrogen and oxygen atoms in total. The molecule has 1 saturated carbocycles. The first-order chi connectivity index (χ1) is 8.83. The van der Waals surface area contributed by atoms with Crippen LogP contribution in [0.1, 0.15) is 18.4 Å². The van der Waals surface area contributed by atoms with Crippen molar-refractivity contribution in [3.63, 3.8) is 0 Å². The van der Waals surface area contributed by atoms with Crippen LogP contribution in [0.5, 0.6) is 0 Å². The third-order valence-electron chi connectivity index (χ3n) is 3.18. The van der Waals surface area contributed by atoms with Gasteiger partial charge in [0.25, 0.3) is 0 Å². The molecule has 0 aromatic heterocycles. The van der Waals surface area contributed by atoms with Crippen LogP contribution < -0.4 is 5.43 Å². The zero-order chi connectivity index (χ0) is 12.4. The van der Waals surface area contributed by atoms with E-state index < -0.39 is 0 Å². The molecule has 3 rings (SSSR count). The summed E-state index contributed by atoms with van der Waals surface area (Å²) in [5, 5.41) is 5.76. The fourth-order valence-electron chi connectivity index (χ4n) is 2.26. The van der Waals surface area contributed by atoms with Crippen molar-refractivity contribution >= 4 is 39.1 Å². The first kappa shape index (κ1) is 12.2. The van der Waals surface area contributed by atoms with Crippen molar-refractivity contribution in [2.45, 2.75) is 29.0 Å². The van der Waals surface area contributed by atoms with Gasteiger partial charge >= 0.3 is 0 Å². The van der Waals surface area contributed by atoms with Gasteiger partial charge in [-0.3, -0.25) is 10.4 Å². The third-order valence-corrected chi connectivity index (χ3v) is 5.89. The summed E-state index contributed by atoms with van der Waals surface area (Å²) in [6.45, 7) is 0. The van der Waals surface area contributed by atoms with Crippen LogP contribution in [-0.2, 0) is 0 Å². The second kappa shape index (κ2) is 5.45. The molecular weight excluding hydrogens is 310 g/mol. The monoisotopic (exact) mass is 323 g/mol. The summed E-state index contributed by atoms with van der Waals surface area (Å²) in [4.78, 5) is 5.25. The fraction of sp³-hybridized carbons (Fsp3) is 0.385. The summed E-state index contributed by atoms with van der Waals surface area (Å²) in [5.74, 6) is 0. The van der Waals surface area contributed by atoms with Crippen molar-refractivity contribution in [1.29, 1.82) is 0 Å². The van der Waals surface area contributed by atoms with Gasteiger partial charge in [0.2, 0.25) is 0 Å². The molecule has 1 aliphatic carbocycles. The van der Waals surface area contributed by atoms with E-state index in [0.29, 0.717) is 16.1 Å². The lowest BCUT2D eigenvalue weighted by atomic mass is 10.2. The van der Waals surface area contributed by atoms with Gasteiger partial charge in [0.15, 0.2) is 5.17 Å². The number of hydrogen-bond acceptors (Lipinski definition) is 4. The lowest BCUT2D eigenvalue weighted by Crippen LogP contribution is -2.17. The quantitative estimate of drug-likeness (QED) is 0.516. The Balaban J connectivity index is 1.57. The van der Waals surface area contributed by atoms with Gasteiger partial charge < -0.3 is 0 Å². The van der Waals surface area contributed by atoms with Gasteiger partial charge in [-0.25, -0.2) is 0 Å². The molecule has 3 atom stereocenters. The minimum absolute atomic E-state index is 0.466. The predicted octanol–water partition coefficient (Wildman–Crippen LogP) is 3.01. The maximum atomic E-state index is 4.66. The van der Waals surface area contributed by atoms with E-state index in [4.69, 9.17) is 0 Å². The first-order valence-electron chi connectivity index (χ1n) is 6.05. The molecule has 2 aliphatic rings. The number of halogens is 1. The Labute approximate surface area is 119 Å². The average Bonchev–Trinajstić information content (AvgIpc) is 2.94. The number of amidine groups is 1. The molecule has 1 aromatic rings. The van der Waals surface area contributed by atoms with Crippen LogP contribution in [0.4, 0.5) is 0 Å². The highest BCUT2D eigenvalue weighted by molar-refractivity contribution is 9.09. The van der Waals surface area contributed by atoms with Crippen LogP contribution in [0.2, 0.25) is 0 Å². The molecule has 18 heavy (non-hydrogen) atoms. The van der Waals surface area contributed by atoms with E-state index in [0.717, 1.165) is 10.7 Å². The first-order valence-corrected chi connectivity index (χ1v) is 7.85. The van der Waals surface area contributed by atoms with Crippen LogP contribution in [0.25, 0.3) is 0 Å². The Bertz CT molecular complexity index is 474. The van der Waals surface area contributed by atoms with E-state index in [1.807, 2.05) is 36.5 Å². The van der Waals surface area contributed by atoms with E-state index in [1.165, 1.54) is 12.8 Å². The molecule has 1 heterocycles. The smallest absolute Gasteiger partial charge is 0.177 e. The topological polar surface area (TPSA) is 36.8 Å². The van der Waals surface area contributed by atoms with Crippen molar-refractivity contribution < 1.29 is 0 Å². The van der Waals surface area contributed by atoms with E-state index in [1.54, 1.807) is 11.8 Å². The van der Waals surface area contributed by atoms with Crippen molar-refractivity contribution in [1.82, 2.24) is 5.43 Å². The van der Waals surface area contributed by atoms with Gasteiger partial charge in [-0.2, -0.15) is 5.10 Å². The Kier molecular flexibility index (Phi) is 3.70. The second-order valence-electron chi connectivity index (χ2n) is 4.46. The van der Waals surface area contributed by atoms with Crippen LogP contribution in [0.3, 0.4) is 0 Å². The average molecular weight is 324 g/mol. The lowest BCUT2D eigenvalue weighted by molar-refractivity contribution is 0.729. The zero-order valence-corrected chi connectivity index (χ0v) is 12.2. The van der Waals surface area contributed by atoms with Crippen molar-refractivity contribution in [2.75, 3.05) is 0 Å². The zero-order valence-electron chi connectivity index (χ0n) is 9.79. The molecule has 0 bridgehead atoms. The molecule has 0 spiro atoms. The number of nitrogens with one attached hydrogen (secondary N) is 1. The molecule has 5 heteroatoms. The van der Waals surface area contributed by atoms with Gasteiger partial charge in [0.05, 0.1) is 12.3 Å². The van der Waals surface area contributed by atoms with Crippen molar-refractivity contribution in [3.05, 3.63) is 35.9 Å². The Morgan fingerprint density at radius 2 is 2.17 bits per heavy atom. The van der Waals surface area contributed by atoms with Crippen LogP contribution in [-0.4, -0.2) is 27.5 Å². The second-order valence-corrected chi connectivity index (χ2v) is 6.80. The van der Waals surface area contributed by atoms with Crippen LogP contribution in [0, 0.1) is 0 Å². The molecule has 0 radical (unpaired) electrons. The van der Waals surface area contributed by atoms with Crippen molar-refractivity contribution in [2.24, 2.45) is 10.1 Å². The summed E-state index contributed by atoms with van der Waals surface area (Å²) in [7, 11) is 0. The van der Waals surface area contributed by atoms with Crippen LogP contribution >= 0.6 is 27.7 Å². The number of rotatable bonds is 2. The number of nitrogens with zero attached hydrogens (tertiary/aromatic N) is 2. The summed E-state index contributed by atoms with van der Waals surface area (Å²) >= 11 is 5.52. The largest absolute Gasteiger partial charge is 0.257 e. The summed E-state index contributed by atoms with van der Waals surface area (Å²) in [5.41, 5.74) is 4.13. The van der Waals surface area contributed by atoms with E-state index in [2.05, 4.69) is 31.4 Å². The normalized spacial score (nSPS) is 30.5. The Morgan fingerprint density at radius 1 is 1.33 bits per heavy atom. The van der Waals surface area contributed by atoms with Gasteiger partial charge in [-0.1, -0.05) is 58.0 Å². The minimum Gasteiger partial charge on any atom is -0.257 e. The fourth-order valence-corrected chi connectivity index (χ4v) is 4.39. The lowest BCUT2D eigenvalue weighted by Gasteiger charge is -2.09. The number of thioether (sulfide) groups is 1. The van der Waals surface area contributed by atoms with Gasteiger partial charge in [0.1, 0.15) is 0 Å². The summed E-state index contributed by atoms with van der Waals surface area (Å²) in [6, 6.07) is 10.5. The molecule has 0 saturated heterocycles. The van der Waals surface area contributed by atoms with Gasteiger partial charge in [-0.15, -0.1) is 0 Å². The summed E-state index contributed by atoms with van der Waals surface area (Å²) in [6.07, 6.45) is 4.23. The van der Waals surface area contributed by atoms with Gasteiger partial charge in [0, 0.05) is 10.1 Å². The maximum Gasteiger partial charge on any atom is 0.177 e. The highest BCUT2D eigenvalue weighted by atomic mass is 79.9. The Hall–Kier alpha value is -0.810. The van der Waals surface area contributed by atoms with E-state index in [-0.39, 0.29) is 0 Å². The van der Waals surface area contributed by atoms with E-state index in [9.17, 15) is 0 Å². The molecule has 1 aromatic carbocycles. The standard InChI is InChI=1S/C13H14BrN3S/c14-10-6-7-11-12(10)18-13(16-11)17-15-8-9-4-2-1-3-5-9/h1-5,8,10-12H,6-7H2,(H,16,17)/b15-8-/t10-,11-,12-/m0/s1. The molecule has 94 valence electrons. The number of benzene rings is 1. The predicted molar refractivity (Wildman–Crippen MR) is 81.7 cm³/mol. The van der Waals surface area contributed by atoms with Crippen molar-refractivity contribution in [3.8, 4) is 0 Å². The highest BCUT2D eigenvalue weighted by Gasteiger charge is 2.40. The molecule has 0 amide bonds. The molecule has 0 unspecified atom stereocenters. The molecule has 1 N–H and O–H groups in total. The minimum atomic E-state index is 0.466. The van der Waals surface area contributed by atoms with Crippen LogP contribution in [0.15, 0.2) is 40.4 Å². The molecule has 1 fully saturated rings. The van der Waals surface area contributed by atoms with E-state index >= 15 is 0 Å². The maximum absolute atomic E-state index is 4.66.